The lowest BCUT2D eigenvalue weighted by atomic mass is 9.51. The van der Waals surface area contributed by atoms with Crippen molar-refractivity contribution < 1.29 is 33.4 Å². The number of amides is 4. The summed E-state index contributed by atoms with van der Waals surface area (Å²) in [5.41, 5.74) is -0.0642. The van der Waals surface area contributed by atoms with Gasteiger partial charge in [-0.1, -0.05) is 23.3 Å². The van der Waals surface area contributed by atoms with Gasteiger partial charge < -0.3 is 9.84 Å². The number of phenolic OH excluding ortho intramolecular Hbond substituents is 1. The van der Waals surface area contributed by atoms with Gasteiger partial charge in [-0.15, -0.1) is 0 Å². The zero-order valence-corrected chi connectivity index (χ0v) is 22.9. The van der Waals surface area contributed by atoms with Crippen molar-refractivity contribution in [1.29, 1.82) is 0 Å². The minimum absolute atomic E-state index is 0.0815. The second-order valence-corrected chi connectivity index (χ2v) is 11.5. The lowest BCUT2D eigenvalue weighted by molar-refractivity contribution is -0.140. The number of likely N-dealkylation sites (tertiary alicyclic amines) is 1. The van der Waals surface area contributed by atoms with Crippen LogP contribution in [0.25, 0.3) is 0 Å². The molecule has 2 aliphatic heterocycles. The van der Waals surface area contributed by atoms with Gasteiger partial charge in [-0.2, -0.15) is 0 Å². The molecule has 2 aromatic rings. The minimum atomic E-state index is -1.35. The molecule has 4 amide bonds. The van der Waals surface area contributed by atoms with Crippen LogP contribution in [0.3, 0.4) is 0 Å². The predicted molar refractivity (Wildman–Crippen MR) is 143 cm³/mol. The van der Waals surface area contributed by atoms with Gasteiger partial charge in [-0.25, -0.2) is 9.29 Å². The third-order valence-corrected chi connectivity index (χ3v) is 9.68. The Morgan fingerprint density at radius 2 is 1.82 bits per heavy atom. The molecule has 4 aliphatic rings. The summed E-state index contributed by atoms with van der Waals surface area (Å²) in [5, 5.41) is 10.9. The van der Waals surface area contributed by atoms with Crippen LogP contribution < -0.4 is 9.64 Å². The standard InChI is InChI=1S/C30H28ClFN2O6/c1-4-33-26(36)17-8-7-16-18(24(17)28(33)38)13-20-27(37)34(14-5-9-22(32)21(31)11-14)29(39)30(20,2)25(16)19-12-15(40-3)6-10-23(19)35/h5-7,9-12,17-18,20,24-25,35H,4,8,13H2,1-3H3/t17-,18+,20-,24-,25+,30+/m0/s1. The molecule has 2 saturated heterocycles. The highest BCUT2D eigenvalue weighted by Gasteiger charge is 2.67. The molecule has 208 valence electrons. The zero-order chi connectivity index (χ0) is 28.7. The van der Waals surface area contributed by atoms with Crippen molar-refractivity contribution in [2.45, 2.75) is 32.6 Å². The molecular formula is C30H28ClFN2O6. The maximum Gasteiger partial charge on any atom is 0.241 e. The van der Waals surface area contributed by atoms with E-state index in [1.807, 2.05) is 6.08 Å². The van der Waals surface area contributed by atoms with E-state index >= 15 is 0 Å². The van der Waals surface area contributed by atoms with Crippen molar-refractivity contribution in [3.05, 3.63) is 64.5 Å². The highest BCUT2D eigenvalue weighted by Crippen LogP contribution is 2.64. The monoisotopic (exact) mass is 566 g/mol. The number of fused-ring (bicyclic) bond motifs is 4. The fraction of sp³-hybridized carbons (Fsp3) is 0.400. The third kappa shape index (κ3) is 3.43. The Bertz CT molecular complexity index is 1520. The number of allylic oxidation sites excluding steroid dienone is 2. The van der Waals surface area contributed by atoms with E-state index in [4.69, 9.17) is 16.3 Å². The van der Waals surface area contributed by atoms with Gasteiger partial charge in [0.15, 0.2) is 0 Å². The molecule has 6 rings (SSSR count). The molecule has 3 fully saturated rings. The van der Waals surface area contributed by atoms with Crippen LogP contribution in [0.15, 0.2) is 48.0 Å². The van der Waals surface area contributed by atoms with Gasteiger partial charge >= 0.3 is 0 Å². The van der Waals surface area contributed by atoms with E-state index in [9.17, 15) is 28.7 Å². The molecule has 8 nitrogen and oxygen atoms in total. The summed E-state index contributed by atoms with van der Waals surface area (Å²) in [6.45, 7) is 3.71. The highest BCUT2D eigenvalue weighted by atomic mass is 35.5. The van der Waals surface area contributed by atoms with Crippen molar-refractivity contribution in [3.8, 4) is 11.5 Å². The van der Waals surface area contributed by atoms with E-state index in [1.54, 1.807) is 26.0 Å². The first kappa shape index (κ1) is 26.5. The Kier molecular flexibility index (Phi) is 6.07. The van der Waals surface area contributed by atoms with Gasteiger partial charge in [0.05, 0.1) is 41.0 Å². The molecule has 0 aromatic heterocycles. The molecule has 0 unspecified atom stereocenters. The van der Waals surface area contributed by atoms with Crippen molar-refractivity contribution in [1.82, 2.24) is 4.90 Å². The Labute approximate surface area is 235 Å². The number of anilines is 1. The maximum atomic E-state index is 14.3. The van der Waals surface area contributed by atoms with Gasteiger partial charge in [0.25, 0.3) is 0 Å². The van der Waals surface area contributed by atoms with Crippen molar-refractivity contribution in [3.63, 3.8) is 0 Å². The Morgan fingerprint density at radius 1 is 1.07 bits per heavy atom. The van der Waals surface area contributed by atoms with Crippen molar-refractivity contribution in [2.24, 2.45) is 29.1 Å². The van der Waals surface area contributed by atoms with E-state index in [1.165, 1.54) is 30.2 Å². The van der Waals surface area contributed by atoms with Gasteiger partial charge in [-0.3, -0.25) is 24.1 Å². The zero-order valence-electron chi connectivity index (χ0n) is 22.2. The summed E-state index contributed by atoms with van der Waals surface area (Å²) in [5.74, 6) is -5.17. The van der Waals surface area contributed by atoms with E-state index in [0.717, 1.165) is 16.5 Å². The SMILES string of the molecule is CCN1C(=O)[C@H]2[C@H](CC=C3[C@H]2C[C@H]2C(=O)N(c4ccc(F)c(Cl)c4)C(=O)[C@@]2(C)[C@H]3c2cc(OC)ccc2O)C1=O. The summed E-state index contributed by atoms with van der Waals surface area (Å²) in [7, 11) is 1.49. The summed E-state index contributed by atoms with van der Waals surface area (Å²) in [6, 6.07) is 8.39. The molecule has 10 heteroatoms. The smallest absolute Gasteiger partial charge is 0.241 e. The summed E-state index contributed by atoms with van der Waals surface area (Å²) in [6.07, 6.45) is 2.41. The number of halogens is 2. The summed E-state index contributed by atoms with van der Waals surface area (Å²) < 4.78 is 19.4. The maximum absolute atomic E-state index is 14.3. The van der Waals surface area contributed by atoms with E-state index < -0.39 is 52.6 Å². The number of aromatic hydroxyl groups is 1. The number of carbonyl (C=O) groups is 4. The second-order valence-electron chi connectivity index (χ2n) is 11.1. The van der Waals surface area contributed by atoms with Crippen LogP contribution in [0, 0.1) is 34.9 Å². The molecule has 2 heterocycles. The van der Waals surface area contributed by atoms with Gasteiger partial charge in [0, 0.05) is 18.0 Å². The summed E-state index contributed by atoms with van der Waals surface area (Å²) in [4.78, 5) is 57.3. The lowest BCUT2D eigenvalue weighted by Crippen LogP contribution is -2.48. The third-order valence-electron chi connectivity index (χ3n) is 9.39. The van der Waals surface area contributed by atoms with Gasteiger partial charge in [0.2, 0.25) is 23.6 Å². The quantitative estimate of drug-likeness (QED) is 0.433. The van der Waals surface area contributed by atoms with Crippen LogP contribution in [0.1, 0.15) is 38.2 Å². The lowest BCUT2D eigenvalue weighted by Gasteiger charge is -2.49. The normalized spacial score (nSPS) is 31.2. The Balaban J connectivity index is 1.55. The molecule has 2 aliphatic carbocycles. The van der Waals surface area contributed by atoms with E-state index in [0.29, 0.717) is 17.7 Å². The number of nitrogens with zero attached hydrogens (tertiary/aromatic N) is 2. The average molecular weight is 567 g/mol. The Hall–Kier alpha value is -3.72. The van der Waals surface area contributed by atoms with Crippen LogP contribution in [0.4, 0.5) is 10.1 Å². The number of methoxy groups -OCH3 is 1. The van der Waals surface area contributed by atoms with Crippen molar-refractivity contribution in [2.75, 3.05) is 18.6 Å². The number of rotatable bonds is 4. The fourth-order valence-electron chi connectivity index (χ4n) is 7.50. The number of ether oxygens (including phenoxy) is 1. The number of hydrogen-bond acceptors (Lipinski definition) is 6. The highest BCUT2D eigenvalue weighted by molar-refractivity contribution is 6.31. The van der Waals surface area contributed by atoms with Crippen molar-refractivity contribution >= 4 is 40.9 Å². The molecule has 0 radical (unpaired) electrons. The molecule has 1 saturated carbocycles. The average Bonchev–Trinajstić information content (AvgIpc) is 3.30. The van der Waals surface area contributed by atoms with Gasteiger partial charge in [-0.05, 0) is 69.0 Å². The van der Waals surface area contributed by atoms with Gasteiger partial charge in [0.1, 0.15) is 17.3 Å². The molecule has 40 heavy (non-hydrogen) atoms. The molecule has 1 N–H and O–H groups in total. The minimum Gasteiger partial charge on any atom is -0.508 e. The fourth-order valence-corrected chi connectivity index (χ4v) is 7.67. The molecule has 6 atom stereocenters. The first-order chi connectivity index (χ1) is 19.0. The number of hydrogen-bond donors (Lipinski definition) is 1. The summed E-state index contributed by atoms with van der Waals surface area (Å²) >= 11 is 6.02. The van der Waals surface area contributed by atoms with Crippen LogP contribution >= 0.6 is 11.6 Å². The largest absolute Gasteiger partial charge is 0.508 e. The van der Waals surface area contributed by atoms with Crippen LogP contribution in [-0.2, 0) is 19.2 Å². The Morgan fingerprint density at radius 3 is 2.50 bits per heavy atom. The number of benzene rings is 2. The van der Waals surface area contributed by atoms with Crippen LogP contribution in [0.2, 0.25) is 5.02 Å². The number of imide groups is 2. The number of carbonyl (C=O) groups excluding carboxylic acids is 4. The molecule has 2 aromatic carbocycles. The topological polar surface area (TPSA) is 104 Å². The second kappa shape index (κ2) is 9.16. The first-order valence-corrected chi connectivity index (χ1v) is 13.7. The molecule has 0 spiro atoms. The van der Waals surface area contributed by atoms with E-state index in [-0.39, 0.29) is 41.2 Å². The predicted octanol–water partition coefficient (Wildman–Crippen LogP) is 4.44. The van der Waals surface area contributed by atoms with Crippen LogP contribution in [-0.4, -0.2) is 47.3 Å². The molecular weight excluding hydrogens is 539 g/mol. The molecule has 0 bridgehead atoms. The number of phenols is 1. The van der Waals surface area contributed by atoms with Crippen LogP contribution in [0.5, 0.6) is 11.5 Å². The first-order valence-electron chi connectivity index (χ1n) is 13.3. The van der Waals surface area contributed by atoms with E-state index in [2.05, 4.69) is 0 Å².